The van der Waals surface area contributed by atoms with Gasteiger partial charge in [0.15, 0.2) is 0 Å². The number of thioether (sulfide) groups is 1. The van der Waals surface area contributed by atoms with E-state index in [0.717, 1.165) is 23.1 Å². The molecule has 0 saturated carbocycles. The van der Waals surface area contributed by atoms with Gasteiger partial charge in [0.25, 0.3) is 0 Å². The number of rotatable bonds is 2. The highest BCUT2D eigenvalue weighted by Crippen LogP contribution is 2.35. The van der Waals surface area contributed by atoms with E-state index in [2.05, 4.69) is 16.8 Å². The number of hydrogen-bond acceptors (Lipinski definition) is 2. The first-order chi connectivity index (χ1) is 8.33. The Labute approximate surface area is 110 Å². The zero-order chi connectivity index (χ0) is 11.7. The van der Waals surface area contributed by atoms with Gasteiger partial charge in [0.05, 0.1) is 6.61 Å². The zero-order valence-corrected chi connectivity index (χ0v) is 10.7. The second-order valence-corrected chi connectivity index (χ2v) is 5.51. The van der Waals surface area contributed by atoms with Gasteiger partial charge in [-0.25, -0.2) is 0 Å². The minimum absolute atomic E-state index is 0.190. The lowest BCUT2D eigenvalue weighted by atomic mass is 10.3. The van der Waals surface area contributed by atoms with Gasteiger partial charge in [-0.15, -0.1) is 11.8 Å². The van der Waals surface area contributed by atoms with Crippen LogP contribution in [-0.4, -0.2) is 16.9 Å². The van der Waals surface area contributed by atoms with Gasteiger partial charge in [0.1, 0.15) is 5.44 Å². The Morgan fingerprint density at radius 3 is 3.06 bits per heavy atom. The molecule has 2 nitrogen and oxygen atoms in total. The molecule has 1 aliphatic heterocycles. The van der Waals surface area contributed by atoms with Crippen molar-refractivity contribution in [1.82, 2.24) is 4.57 Å². The lowest BCUT2D eigenvalue weighted by Crippen LogP contribution is -1.92. The van der Waals surface area contributed by atoms with Crippen LogP contribution in [0.3, 0.4) is 0 Å². The summed E-state index contributed by atoms with van der Waals surface area (Å²) >= 11 is 7.83. The maximum Gasteiger partial charge on any atom is 0.130 e. The van der Waals surface area contributed by atoms with E-state index in [0.29, 0.717) is 0 Å². The van der Waals surface area contributed by atoms with E-state index in [-0.39, 0.29) is 5.44 Å². The van der Waals surface area contributed by atoms with E-state index in [4.69, 9.17) is 16.3 Å². The van der Waals surface area contributed by atoms with E-state index in [1.807, 2.05) is 42.2 Å². The molecule has 4 heteroatoms. The van der Waals surface area contributed by atoms with E-state index < -0.39 is 0 Å². The lowest BCUT2D eigenvalue weighted by Gasteiger charge is -2.06. The summed E-state index contributed by atoms with van der Waals surface area (Å²) in [4.78, 5) is 0. The van der Waals surface area contributed by atoms with Crippen LogP contribution in [0, 0.1) is 0 Å². The second kappa shape index (κ2) is 4.77. The van der Waals surface area contributed by atoms with Gasteiger partial charge in [-0.2, -0.15) is 0 Å². The van der Waals surface area contributed by atoms with Gasteiger partial charge in [-0.05, 0) is 24.3 Å². The van der Waals surface area contributed by atoms with Crippen molar-refractivity contribution in [2.45, 2.75) is 5.44 Å². The Morgan fingerprint density at radius 1 is 1.35 bits per heavy atom. The molecule has 0 spiro atoms. The summed E-state index contributed by atoms with van der Waals surface area (Å²) in [5, 5.41) is 0.754. The Morgan fingerprint density at radius 2 is 2.29 bits per heavy atom. The van der Waals surface area contributed by atoms with Gasteiger partial charge in [0.2, 0.25) is 0 Å². The molecule has 1 fully saturated rings. The van der Waals surface area contributed by atoms with Crippen molar-refractivity contribution in [3.8, 4) is 5.69 Å². The number of aromatic nitrogens is 1. The predicted molar refractivity (Wildman–Crippen MR) is 71.9 cm³/mol. The summed E-state index contributed by atoms with van der Waals surface area (Å²) in [6.45, 7) is 0.845. The molecule has 2 heterocycles. The molecule has 0 N–H and O–H groups in total. The first-order valence-electron chi connectivity index (χ1n) is 5.50. The van der Waals surface area contributed by atoms with Crippen LogP contribution in [0.1, 0.15) is 11.0 Å². The molecule has 1 aromatic heterocycles. The molecular formula is C13H12ClNOS. The van der Waals surface area contributed by atoms with Crippen molar-refractivity contribution in [2.24, 2.45) is 0 Å². The van der Waals surface area contributed by atoms with Crippen LogP contribution in [0.15, 0.2) is 42.7 Å². The number of benzene rings is 1. The van der Waals surface area contributed by atoms with Crippen LogP contribution in [0.25, 0.3) is 5.69 Å². The summed E-state index contributed by atoms with van der Waals surface area (Å²) in [6, 6.07) is 9.93. The summed E-state index contributed by atoms with van der Waals surface area (Å²) < 4.78 is 7.71. The molecular weight excluding hydrogens is 254 g/mol. The highest BCUT2D eigenvalue weighted by molar-refractivity contribution is 7.99. The van der Waals surface area contributed by atoms with E-state index in [1.54, 1.807) is 0 Å². The maximum atomic E-state index is 5.99. The first kappa shape index (κ1) is 11.2. The summed E-state index contributed by atoms with van der Waals surface area (Å²) in [7, 11) is 0. The maximum absolute atomic E-state index is 5.99. The van der Waals surface area contributed by atoms with E-state index in [9.17, 15) is 0 Å². The SMILES string of the molecule is Clc1cccc(-n2ccc(C3OCCS3)c2)c1. The fourth-order valence-corrected chi connectivity index (χ4v) is 3.02. The molecule has 0 bridgehead atoms. The normalized spacial score (nSPS) is 19.7. The molecule has 1 atom stereocenters. The van der Waals surface area contributed by atoms with E-state index >= 15 is 0 Å². The van der Waals surface area contributed by atoms with Crippen molar-refractivity contribution in [2.75, 3.05) is 12.4 Å². The number of nitrogens with zero attached hydrogens (tertiary/aromatic N) is 1. The topological polar surface area (TPSA) is 14.2 Å². The fraction of sp³-hybridized carbons (Fsp3) is 0.231. The third-order valence-electron chi connectivity index (χ3n) is 2.72. The highest BCUT2D eigenvalue weighted by atomic mass is 35.5. The molecule has 17 heavy (non-hydrogen) atoms. The number of ether oxygens (including phenoxy) is 1. The second-order valence-electron chi connectivity index (χ2n) is 3.91. The minimum atomic E-state index is 0.190. The first-order valence-corrected chi connectivity index (χ1v) is 6.93. The van der Waals surface area contributed by atoms with Crippen LogP contribution >= 0.6 is 23.4 Å². The molecule has 1 saturated heterocycles. The Balaban J connectivity index is 1.89. The van der Waals surface area contributed by atoms with E-state index in [1.165, 1.54) is 5.56 Å². The average Bonchev–Trinajstić information content (AvgIpc) is 3.00. The van der Waals surface area contributed by atoms with Crippen LogP contribution in [0.5, 0.6) is 0 Å². The lowest BCUT2D eigenvalue weighted by molar-refractivity contribution is 0.145. The molecule has 1 unspecified atom stereocenters. The predicted octanol–water partition coefficient (Wildman–Crippen LogP) is 3.89. The van der Waals surface area contributed by atoms with Gasteiger partial charge in [0, 0.05) is 34.4 Å². The fourth-order valence-electron chi connectivity index (χ4n) is 1.90. The zero-order valence-electron chi connectivity index (χ0n) is 9.17. The largest absolute Gasteiger partial charge is 0.362 e. The average molecular weight is 266 g/mol. The van der Waals surface area contributed by atoms with Crippen LogP contribution in [-0.2, 0) is 4.74 Å². The third kappa shape index (κ3) is 2.37. The smallest absolute Gasteiger partial charge is 0.130 e. The molecule has 0 radical (unpaired) electrons. The van der Waals surface area contributed by atoms with Crippen molar-refractivity contribution in [3.63, 3.8) is 0 Å². The molecule has 0 amide bonds. The summed E-state index contributed by atoms with van der Waals surface area (Å²) in [6.07, 6.45) is 4.15. The van der Waals surface area contributed by atoms with Gasteiger partial charge in [-0.3, -0.25) is 0 Å². The van der Waals surface area contributed by atoms with Crippen LogP contribution in [0.2, 0.25) is 5.02 Å². The molecule has 1 aliphatic rings. The molecule has 3 rings (SSSR count). The Bertz CT molecular complexity index is 520. The molecule has 0 aliphatic carbocycles. The molecule has 88 valence electrons. The van der Waals surface area contributed by atoms with Gasteiger partial charge >= 0.3 is 0 Å². The summed E-state index contributed by atoms with van der Waals surface area (Å²) in [5.74, 6) is 1.08. The van der Waals surface area contributed by atoms with Crippen molar-refractivity contribution in [1.29, 1.82) is 0 Å². The molecule has 2 aromatic rings. The Hall–Kier alpha value is -0.900. The monoisotopic (exact) mass is 265 g/mol. The van der Waals surface area contributed by atoms with Crippen molar-refractivity contribution >= 4 is 23.4 Å². The minimum Gasteiger partial charge on any atom is -0.362 e. The van der Waals surface area contributed by atoms with Crippen molar-refractivity contribution < 1.29 is 4.74 Å². The standard InChI is InChI=1S/C13H12ClNOS/c14-11-2-1-3-12(8-11)15-5-4-10(9-15)13-16-6-7-17-13/h1-5,8-9,13H,6-7H2. The van der Waals surface area contributed by atoms with Crippen molar-refractivity contribution in [3.05, 3.63) is 53.3 Å². The quantitative estimate of drug-likeness (QED) is 0.818. The third-order valence-corrected chi connectivity index (χ3v) is 4.06. The highest BCUT2D eigenvalue weighted by Gasteiger charge is 2.19. The Kier molecular flexibility index (Phi) is 3.14. The van der Waals surface area contributed by atoms with Gasteiger partial charge in [-0.1, -0.05) is 17.7 Å². The number of halogens is 1. The van der Waals surface area contributed by atoms with Crippen LogP contribution in [0.4, 0.5) is 0 Å². The van der Waals surface area contributed by atoms with Crippen LogP contribution < -0.4 is 0 Å². The number of hydrogen-bond donors (Lipinski definition) is 0. The summed E-state index contributed by atoms with van der Waals surface area (Å²) in [5.41, 5.74) is 2.48. The van der Waals surface area contributed by atoms with Gasteiger partial charge < -0.3 is 9.30 Å². The molecule has 1 aromatic carbocycles.